The lowest BCUT2D eigenvalue weighted by atomic mass is 10.1. The maximum absolute atomic E-state index is 5.20. The molecule has 188 valence electrons. The number of hydrogen-bond donors (Lipinski definition) is 0. The van der Waals surface area contributed by atoms with E-state index in [-0.39, 0.29) is 0 Å². The molecule has 0 radical (unpaired) electrons. The lowest BCUT2D eigenvalue weighted by Crippen LogP contribution is -2.16. The van der Waals surface area contributed by atoms with Gasteiger partial charge in [0.25, 0.3) is 0 Å². The van der Waals surface area contributed by atoms with E-state index in [9.17, 15) is 0 Å². The van der Waals surface area contributed by atoms with Crippen LogP contribution < -0.4 is 0 Å². The van der Waals surface area contributed by atoms with Gasteiger partial charge < -0.3 is 0 Å². The second kappa shape index (κ2) is 17.0. The quantitative estimate of drug-likeness (QED) is 0.134. The van der Waals surface area contributed by atoms with Gasteiger partial charge in [0.05, 0.1) is 0 Å². The number of terminal acetylenes is 2. The van der Waals surface area contributed by atoms with E-state index >= 15 is 0 Å². The third-order valence-corrected chi connectivity index (χ3v) is 7.48. The summed E-state index contributed by atoms with van der Waals surface area (Å²) in [6.07, 6.45) is 10.3. The number of rotatable bonds is 0. The molecule has 0 saturated heterocycles. The summed E-state index contributed by atoms with van der Waals surface area (Å²) in [4.78, 5) is 0. The maximum atomic E-state index is 5.20. The van der Waals surface area contributed by atoms with Crippen molar-refractivity contribution in [3.63, 3.8) is 0 Å². The van der Waals surface area contributed by atoms with Gasteiger partial charge in [-0.2, -0.15) is 0 Å². The van der Waals surface area contributed by atoms with Crippen molar-refractivity contribution >= 4 is 38.7 Å². The van der Waals surface area contributed by atoms with E-state index in [0.29, 0.717) is 0 Å². The summed E-state index contributed by atoms with van der Waals surface area (Å²) in [7, 11) is -2.33. The zero-order valence-electron chi connectivity index (χ0n) is 23.5. The number of halogens is 1. The minimum Gasteiger partial charge on any atom is -0.135 e. The topological polar surface area (TPSA) is 0 Å². The molecule has 3 aromatic carbocycles. The molecule has 0 spiro atoms. The highest BCUT2D eigenvalue weighted by Crippen LogP contribution is 2.08. The van der Waals surface area contributed by atoms with Crippen molar-refractivity contribution in [3.8, 4) is 35.8 Å². The van der Waals surface area contributed by atoms with Crippen molar-refractivity contribution < 1.29 is 0 Å². The fourth-order valence-electron chi connectivity index (χ4n) is 2.25. The van der Waals surface area contributed by atoms with Gasteiger partial charge in [0, 0.05) is 14.7 Å². The lowest BCUT2D eigenvalue weighted by Gasteiger charge is -2.04. The van der Waals surface area contributed by atoms with Gasteiger partial charge in [-0.3, -0.25) is 0 Å². The average molecular weight is 621 g/mol. The van der Waals surface area contributed by atoms with Crippen molar-refractivity contribution in [2.75, 3.05) is 0 Å². The van der Waals surface area contributed by atoms with Gasteiger partial charge in [0.2, 0.25) is 0 Å². The van der Waals surface area contributed by atoms with Crippen LogP contribution in [-0.2, 0) is 0 Å². The second-order valence-corrected chi connectivity index (χ2v) is 21.1. The Hall–Kier alpha value is -2.50. The summed E-state index contributed by atoms with van der Waals surface area (Å²) in [5, 5.41) is 0. The first kappa shape index (κ1) is 33.5. The fraction of sp³-hybridized carbons (Fsp3) is 0.273. The molecular weight excluding hydrogens is 579 g/mol. The molecule has 0 heterocycles. The van der Waals surface area contributed by atoms with E-state index in [1.54, 1.807) is 0 Å². The summed E-state index contributed by atoms with van der Waals surface area (Å²) in [6, 6.07) is 24.5. The Labute approximate surface area is 237 Å². The van der Waals surface area contributed by atoms with Crippen LogP contribution in [0.2, 0.25) is 39.3 Å². The highest BCUT2D eigenvalue weighted by molar-refractivity contribution is 14.1. The number of hydrogen-bond acceptors (Lipinski definition) is 0. The molecule has 0 aromatic heterocycles. The van der Waals surface area contributed by atoms with Gasteiger partial charge >= 0.3 is 0 Å². The van der Waals surface area contributed by atoms with Crippen molar-refractivity contribution in [2.45, 2.75) is 60.1 Å². The molecule has 0 nitrogen and oxygen atoms in total. The van der Waals surface area contributed by atoms with E-state index in [0.717, 1.165) is 5.56 Å². The van der Waals surface area contributed by atoms with Crippen LogP contribution in [0.5, 0.6) is 0 Å². The predicted molar refractivity (Wildman–Crippen MR) is 177 cm³/mol. The molecule has 0 N–H and O–H groups in total. The van der Waals surface area contributed by atoms with Crippen LogP contribution >= 0.6 is 22.6 Å². The van der Waals surface area contributed by atoms with Gasteiger partial charge in [-0.05, 0) is 78.3 Å². The molecule has 0 amide bonds. The third-order valence-electron chi connectivity index (χ3n) is 4.53. The predicted octanol–water partition coefficient (Wildman–Crippen LogP) is 9.30. The molecule has 0 aliphatic rings. The maximum Gasteiger partial charge on any atom is 0.129 e. The molecule has 0 bridgehead atoms. The fourth-order valence-corrected chi connectivity index (χ4v) is 3.15. The van der Waals surface area contributed by atoms with Crippen LogP contribution in [0, 0.1) is 60.1 Å². The first-order chi connectivity index (χ1) is 16.7. The van der Waals surface area contributed by atoms with Gasteiger partial charge in [0.15, 0.2) is 0 Å². The first-order valence-electron chi connectivity index (χ1n) is 12.0. The van der Waals surface area contributed by atoms with Crippen LogP contribution in [0.1, 0.15) is 27.8 Å². The number of aryl methyl sites for hydroxylation is 3. The van der Waals surface area contributed by atoms with E-state index < -0.39 is 16.1 Å². The van der Waals surface area contributed by atoms with Crippen LogP contribution in [-0.4, -0.2) is 16.1 Å². The van der Waals surface area contributed by atoms with Gasteiger partial charge in [-0.1, -0.05) is 106 Å². The Kier molecular flexibility index (Phi) is 15.9. The Morgan fingerprint density at radius 1 is 0.583 bits per heavy atom. The largest absolute Gasteiger partial charge is 0.135 e. The smallest absolute Gasteiger partial charge is 0.129 e. The van der Waals surface area contributed by atoms with Crippen molar-refractivity contribution in [1.82, 2.24) is 0 Å². The third kappa shape index (κ3) is 17.0. The van der Waals surface area contributed by atoms with Crippen LogP contribution in [0.3, 0.4) is 0 Å². The zero-order chi connectivity index (χ0) is 27.8. The van der Waals surface area contributed by atoms with Crippen LogP contribution in [0.25, 0.3) is 0 Å². The van der Waals surface area contributed by atoms with Gasteiger partial charge in [-0.15, -0.1) is 23.9 Å². The molecular formula is C33H41ISi2. The highest BCUT2D eigenvalue weighted by Gasteiger charge is 2.07. The molecule has 3 aromatic rings. The SMILES string of the molecule is C#C[Si](C)(C)C.C#Cc1ccccc1C.Cc1ccccc1C#C[Si](C)(C)C.Cc1ccccc1I. The number of benzene rings is 3. The Morgan fingerprint density at radius 2 is 0.972 bits per heavy atom. The van der Waals surface area contributed by atoms with E-state index in [4.69, 9.17) is 12.8 Å². The molecule has 0 saturated carbocycles. The molecule has 0 unspecified atom stereocenters. The molecule has 0 aliphatic heterocycles. The van der Waals surface area contributed by atoms with E-state index in [1.807, 2.05) is 37.3 Å². The monoisotopic (exact) mass is 620 g/mol. The van der Waals surface area contributed by atoms with Gasteiger partial charge in [-0.25, -0.2) is 0 Å². The summed E-state index contributed by atoms with van der Waals surface area (Å²) in [6.45, 7) is 19.5. The van der Waals surface area contributed by atoms with Crippen LogP contribution in [0.15, 0.2) is 72.8 Å². The molecule has 36 heavy (non-hydrogen) atoms. The zero-order valence-corrected chi connectivity index (χ0v) is 27.6. The van der Waals surface area contributed by atoms with Crippen LogP contribution in [0.4, 0.5) is 0 Å². The minimum absolute atomic E-state index is 0.984. The summed E-state index contributed by atoms with van der Waals surface area (Å²) in [5.74, 6) is 5.86. The molecule has 3 heteroatoms. The summed E-state index contributed by atoms with van der Waals surface area (Å²) in [5.41, 5.74) is 12.1. The second-order valence-electron chi connectivity index (χ2n) is 10.4. The van der Waals surface area contributed by atoms with E-state index in [2.05, 4.69) is 141 Å². The van der Waals surface area contributed by atoms with Crippen molar-refractivity contribution in [3.05, 3.63) is 104 Å². The Balaban J connectivity index is 0.000000473. The molecule has 0 fully saturated rings. The normalized spacial score (nSPS) is 9.67. The minimum atomic E-state index is -1.22. The van der Waals surface area contributed by atoms with Gasteiger partial charge in [0.1, 0.15) is 16.1 Å². The molecule has 0 atom stereocenters. The summed E-state index contributed by atoms with van der Waals surface area (Å²) < 4.78 is 1.34. The van der Waals surface area contributed by atoms with Crippen molar-refractivity contribution in [1.29, 1.82) is 0 Å². The first-order valence-corrected chi connectivity index (χ1v) is 20.1. The summed E-state index contributed by atoms with van der Waals surface area (Å²) >= 11 is 2.32. The highest BCUT2D eigenvalue weighted by atomic mass is 127. The average Bonchev–Trinajstić information content (AvgIpc) is 2.81. The standard InChI is InChI=1S/C12H16Si.C9H8.C7H7I.C5H10Si/c1-11-7-5-6-8-12(11)9-10-13(2,3)4;1-3-9-7-5-4-6-8(9)2;1-6-4-2-3-5-7(6)8;1-5-6(2,3)4/h5-8H,1-4H3;1,4-7H,2H3;2-5H,1H3;1H,2-4H3. The van der Waals surface area contributed by atoms with Crippen molar-refractivity contribution in [2.24, 2.45) is 0 Å². The Morgan fingerprint density at radius 3 is 1.25 bits per heavy atom. The van der Waals surface area contributed by atoms with E-state index in [1.165, 1.54) is 25.8 Å². The Bertz CT molecular complexity index is 1200. The molecule has 0 aliphatic carbocycles. The molecule has 3 rings (SSSR count). The lowest BCUT2D eigenvalue weighted by molar-refractivity contribution is 1.43.